The lowest BCUT2D eigenvalue weighted by Crippen LogP contribution is -2.53. The summed E-state index contributed by atoms with van der Waals surface area (Å²) in [6.45, 7) is 6.33. The fourth-order valence-electron chi connectivity index (χ4n) is 4.39. The molecule has 0 bridgehead atoms. The summed E-state index contributed by atoms with van der Waals surface area (Å²) >= 11 is 0. The quantitative estimate of drug-likeness (QED) is 0.318. The number of nitrogens with zero attached hydrogens (tertiary/aromatic N) is 2. The van der Waals surface area contributed by atoms with Gasteiger partial charge in [-0.15, -0.1) is 0 Å². The topological polar surface area (TPSA) is 86.8 Å². The number of alkyl halides is 3. The number of nitrogens with one attached hydrogen (secondary N) is 1. The minimum absolute atomic E-state index is 0.00759. The van der Waals surface area contributed by atoms with Crippen LogP contribution in [0.5, 0.6) is 0 Å². The van der Waals surface area contributed by atoms with Gasteiger partial charge in [0.1, 0.15) is 12.6 Å². The number of hydrogen-bond acceptors (Lipinski definition) is 4. The molecular weight excluding hydrogens is 555 g/mol. The lowest BCUT2D eigenvalue weighted by atomic mass is 10.1. The van der Waals surface area contributed by atoms with E-state index in [0.29, 0.717) is 15.9 Å². The molecule has 0 saturated heterocycles. The molecule has 1 N–H and O–H groups in total. The van der Waals surface area contributed by atoms with Gasteiger partial charge in [-0.05, 0) is 63.1 Å². The summed E-state index contributed by atoms with van der Waals surface area (Å²) in [6, 6.07) is 17.1. The minimum Gasteiger partial charge on any atom is -0.352 e. The first-order valence-corrected chi connectivity index (χ1v) is 14.6. The van der Waals surface area contributed by atoms with Gasteiger partial charge >= 0.3 is 6.18 Å². The Morgan fingerprint density at radius 3 is 2.17 bits per heavy atom. The molecule has 41 heavy (non-hydrogen) atoms. The van der Waals surface area contributed by atoms with Gasteiger partial charge in [-0.25, -0.2) is 8.42 Å². The first-order chi connectivity index (χ1) is 19.2. The summed E-state index contributed by atoms with van der Waals surface area (Å²) < 4.78 is 68.9. The Morgan fingerprint density at radius 1 is 0.927 bits per heavy atom. The van der Waals surface area contributed by atoms with E-state index in [1.807, 2.05) is 19.1 Å². The molecule has 0 aromatic heterocycles. The summed E-state index contributed by atoms with van der Waals surface area (Å²) in [5, 5.41) is 2.80. The highest BCUT2D eigenvalue weighted by Crippen LogP contribution is 2.33. The zero-order valence-corrected chi connectivity index (χ0v) is 24.2. The molecule has 3 aromatic rings. The molecule has 7 nitrogen and oxygen atoms in total. The van der Waals surface area contributed by atoms with Crippen molar-refractivity contribution in [3.63, 3.8) is 0 Å². The second-order valence-electron chi connectivity index (χ2n) is 9.97. The Morgan fingerprint density at radius 2 is 1.59 bits per heavy atom. The highest BCUT2D eigenvalue weighted by Gasteiger charge is 2.36. The molecule has 0 fully saturated rings. The van der Waals surface area contributed by atoms with E-state index >= 15 is 0 Å². The molecule has 0 spiro atoms. The number of carbonyl (C=O) groups excluding carboxylic acids is 2. The number of carbonyl (C=O) groups is 2. The fraction of sp³-hybridized carbons (Fsp3) is 0.333. The predicted molar refractivity (Wildman–Crippen MR) is 152 cm³/mol. The van der Waals surface area contributed by atoms with Crippen LogP contribution in [0, 0.1) is 6.92 Å². The second-order valence-corrected chi connectivity index (χ2v) is 11.8. The lowest BCUT2D eigenvalue weighted by molar-refractivity contribution is -0.140. The summed E-state index contributed by atoms with van der Waals surface area (Å²) in [4.78, 5) is 28.2. The van der Waals surface area contributed by atoms with E-state index in [-0.39, 0.29) is 29.6 Å². The predicted octanol–water partition coefficient (Wildman–Crippen LogP) is 5.54. The first kappa shape index (κ1) is 31.7. The third-order valence-corrected chi connectivity index (χ3v) is 8.11. The van der Waals surface area contributed by atoms with Gasteiger partial charge in [0.2, 0.25) is 11.8 Å². The van der Waals surface area contributed by atoms with Crippen LogP contribution in [0.4, 0.5) is 18.9 Å². The summed E-state index contributed by atoms with van der Waals surface area (Å²) in [7, 11) is -4.48. The van der Waals surface area contributed by atoms with Gasteiger partial charge in [0, 0.05) is 12.6 Å². The number of amides is 2. The van der Waals surface area contributed by atoms with Crippen LogP contribution in [0.25, 0.3) is 0 Å². The average molecular weight is 590 g/mol. The number of aryl methyl sites for hydroxylation is 1. The van der Waals surface area contributed by atoms with Crippen LogP contribution in [0.15, 0.2) is 83.8 Å². The van der Waals surface area contributed by atoms with Crippen LogP contribution in [0.3, 0.4) is 0 Å². The molecule has 0 unspecified atom stereocenters. The molecule has 0 aliphatic heterocycles. The maximum atomic E-state index is 14.0. The number of halogens is 3. The first-order valence-electron chi connectivity index (χ1n) is 13.1. The largest absolute Gasteiger partial charge is 0.416 e. The Kier molecular flexibility index (Phi) is 10.2. The minimum atomic E-state index is -4.73. The van der Waals surface area contributed by atoms with E-state index in [2.05, 4.69) is 5.32 Å². The highest BCUT2D eigenvalue weighted by atomic mass is 32.2. The molecule has 3 aromatic carbocycles. The number of rotatable bonds is 11. The van der Waals surface area contributed by atoms with Gasteiger partial charge in [0.25, 0.3) is 10.0 Å². The fourth-order valence-corrected chi connectivity index (χ4v) is 5.82. The van der Waals surface area contributed by atoms with Crippen molar-refractivity contribution in [3.05, 3.63) is 95.6 Å². The molecular formula is C30H34F3N3O4S. The third-order valence-electron chi connectivity index (χ3n) is 6.32. The lowest BCUT2D eigenvalue weighted by Gasteiger charge is -2.33. The van der Waals surface area contributed by atoms with Crippen LogP contribution >= 0.6 is 0 Å². The normalized spacial score (nSPS) is 12.6. The van der Waals surface area contributed by atoms with E-state index < -0.39 is 46.2 Å². The van der Waals surface area contributed by atoms with E-state index in [1.165, 1.54) is 35.2 Å². The maximum Gasteiger partial charge on any atom is 0.416 e. The number of sulfonamides is 1. The molecule has 2 amide bonds. The van der Waals surface area contributed by atoms with Crippen molar-refractivity contribution in [1.29, 1.82) is 0 Å². The van der Waals surface area contributed by atoms with Crippen molar-refractivity contribution in [1.82, 2.24) is 10.2 Å². The van der Waals surface area contributed by atoms with Crippen molar-refractivity contribution in [3.8, 4) is 0 Å². The smallest absolute Gasteiger partial charge is 0.352 e. The molecule has 0 saturated carbocycles. The number of hydrogen-bond donors (Lipinski definition) is 1. The van der Waals surface area contributed by atoms with Crippen LogP contribution < -0.4 is 9.62 Å². The van der Waals surface area contributed by atoms with Crippen molar-refractivity contribution in [2.75, 3.05) is 10.8 Å². The third kappa shape index (κ3) is 8.09. The maximum absolute atomic E-state index is 14.0. The van der Waals surface area contributed by atoms with Gasteiger partial charge in [-0.3, -0.25) is 13.9 Å². The molecule has 1 atom stereocenters. The van der Waals surface area contributed by atoms with E-state index in [0.717, 1.165) is 17.7 Å². The van der Waals surface area contributed by atoms with Gasteiger partial charge in [0.15, 0.2) is 0 Å². The number of anilines is 1. The summed E-state index contributed by atoms with van der Waals surface area (Å²) in [6.07, 6.45) is -4.51. The highest BCUT2D eigenvalue weighted by molar-refractivity contribution is 7.92. The number of benzene rings is 3. The molecule has 3 rings (SSSR count). The van der Waals surface area contributed by atoms with Crippen molar-refractivity contribution in [2.24, 2.45) is 0 Å². The Balaban J connectivity index is 2.11. The Hall–Kier alpha value is -3.86. The Labute approximate surface area is 239 Å². The SMILES string of the molecule is CC[C@@H](C(=O)NC(C)C)N(Cc1cccc(C)c1)C(=O)CN(c1cccc(C(F)(F)F)c1)S(=O)(=O)c1ccccc1. The second kappa shape index (κ2) is 13.2. The van der Waals surface area contributed by atoms with Gasteiger partial charge in [-0.1, -0.05) is 61.0 Å². The standard InChI is InChI=1S/C30H34F3N3O4S/c1-5-27(29(38)34-21(2)3)35(19-23-12-9-11-22(4)17-23)28(37)20-36(41(39,40)26-15-7-6-8-16-26)25-14-10-13-24(18-25)30(31,32)33/h6-18,21,27H,5,19-20H2,1-4H3,(H,34,38)/t27-/m0/s1. The van der Waals surface area contributed by atoms with E-state index in [1.54, 1.807) is 39.0 Å². The zero-order chi connectivity index (χ0) is 30.4. The van der Waals surface area contributed by atoms with Crippen LogP contribution in [-0.2, 0) is 32.3 Å². The molecule has 0 heterocycles. The van der Waals surface area contributed by atoms with Crippen molar-refractivity contribution < 1.29 is 31.2 Å². The summed E-state index contributed by atoms with van der Waals surface area (Å²) in [5.74, 6) is -1.16. The molecule has 11 heteroatoms. The molecule has 0 radical (unpaired) electrons. The van der Waals surface area contributed by atoms with Gasteiger partial charge in [-0.2, -0.15) is 13.2 Å². The summed E-state index contributed by atoms with van der Waals surface area (Å²) in [5.41, 5.74) is 0.250. The molecule has 0 aliphatic rings. The Bertz CT molecular complexity index is 1460. The van der Waals surface area contributed by atoms with Crippen LogP contribution in [0.1, 0.15) is 43.9 Å². The molecule has 220 valence electrons. The monoisotopic (exact) mass is 589 g/mol. The van der Waals surface area contributed by atoms with E-state index in [4.69, 9.17) is 0 Å². The van der Waals surface area contributed by atoms with Crippen molar-refractivity contribution in [2.45, 2.75) is 63.8 Å². The van der Waals surface area contributed by atoms with Crippen LogP contribution in [-0.4, -0.2) is 43.8 Å². The van der Waals surface area contributed by atoms with Crippen LogP contribution in [0.2, 0.25) is 0 Å². The van der Waals surface area contributed by atoms with Crippen molar-refractivity contribution >= 4 is 27.5 Å². The average Bonchev–Trinajstić information content (AvgIpc) is 2.91. The van der Waals surface area contributed by atoms with Gasteiger partial charge < -0.3 is 10.2 Å². The van der Waals surface area contributed by atoms with Gasteiger partial charge in [0.05, 0.1) is 16.1 Å². The zero-order valence-electron chi connectivity index (χ0n) is 23.4. The molecule has 0 aliphatic carbocycles. The van der Waals surface area contributed by atoms with E-state index in [9.17, 15) is 31.2 Å².